The van der Waals surface area contributed by atoms with Crippen LogP contribution in [0.4, 0.5) is 0 Å². The lowest BCUT2D eigenvalue weighted by Gasteiger charge is -2.06. The van der Waals surface area contributed by atoms with Crippen LogP contribution in [-0.2, 0) is 6.54 Å². The highest BCUT2D eigenvalue weighted by Gasteiger charge is 2.10. The maximum absolute atomic E-state index is 12.3. The number of rotatable bonds is 4. The average molecular weight is 344 g/mol. The zero-order valence-electron chi connectivity index (χ0n) is 14.1. The number of imidazole rings is 1. The van der Waals surface area contributed by atoms with E-state index in [1.165, 1.54) is 12.5 Å². The van der Waals surface area contributed by atoms with Gasteiger partial charge in [0.05, 0.1) is 22.3 Å². The number of amides is 1. The molecule has 0 bridgehead atoms. The Labute approximate surface area is 149 Å². The summed E-state index contributed by atoms with van der Waals surface area (Å²) in [6.07, 6.45) is 4.68. The molecular formula is C19H16N6O. The number of carbonyl (C=O) groups excluding carboxylic acids is 1. The Morgan fingerprint density at radius 3 is 2.92 bits per heavy atom. The minimum atomic E-state index is -0.195. The summed E-state index contributed by atoms with van der Waals surface area (Å²) >= 11 is 0. The van der Waals surface area contributed by atoms with E-state index in [1.807, 2.05) is 36.4 Å². The van der Waals surface area contributed by atoms with Gasteiger partial charge >= 0.3 is 0 Å². The van der Waals surface area contributed by atoms with Crippen molar-refractivity contribution < 1.29 is 4.79 Å². The van der Waals surface area contributed by atoms with Gasteiger partial charge in [0.1, 0.15) is 12.0 Å². The van der Waals surface area contributed by atoms with Crippen LogP contribution in [0.1, 0.15) is 21.6 Å². The quantitative estimate of drug-likeness (QED) is 0.593. The van der Waals surface area contributed by atoms with Crippen LogP contribution in [0.2, 0.25) is 0 Å². The predicted octanol–water partition coefficient (Wildman–Crippen LogP) is 2.65. The molecule has 0 fully saturated rings. The van der Waals surface area contributed by atoms with Crippen molar-refractivity contribution in [3.8, 4) is 11.5 Å². The Kier molecular flexibility index (Phi) is 4.10. The minimum Gasteiger partial charge on any atom is -0.348 e. The Morgan fingerprint density at radius 2 is 2.12 bits per heavy atom. The molecule has 0 unspecified atom stereocenters. The Morgan fingerprint density at radius 1 is 1.19 bits per heavy atom. The van der Waals surface area contributed by atoms with Gasteiger partial charge in [-0.3, -0.25) is 9.78 Å². The molecule has 3 heterocycles. The molecule has 1 aromatic carbocycles. The molecule has 26 heavy (non-hydrogen) atoms. The van der Waals surface area contributed by atoms with Crippen LogP contribution in [0.3, 0.4) is 0 Å². The van der Waals surface area contributed by atoms with Gasteiger partial charge in [-0.2, -0.15) is 0 Å². The number of aryl methyl sites for hydroxylation is 1. The predicted molar refractivity (Wildman–Crippen MR) is 97.3 cm³/mol. The van der Waals surface area contributed by atoms with Crippen molar-refractivity contribution in [2.45, 2.75) is 13.5 Å². The summed E-state index contributed by atoms with van der Waals surface area (Å²) in [6, 6.07) is 11.6. The monoisotopic (exact) mass is 344 g/mol. The summed E-state index contributed by atoms with van der Waals surface area (Å²) in [5, 5.41) is 2.89. The standard InChI is InChI=1S/C19H16N6O/c1-12-14(10-20-11-23-12)19(26)22-9-13-5-6-15-17(8-13)25-18(24-15)16-4-2-3-7-21-16/h2-8,10-11H,9H2,1H3,(H,22,26)(H,24,25). The summed E-state index contributed by atoms with van der Waals surface area (Å²) in [5.74, 6) is 0.526. The molecule has 0 atom stereocenters. The fourth-order valence-corrected chi connectivity index (χ4v) is 2.68. The van der Waals surface area contributed by atoms with Crippen molar-refractivity contribution in [1.29, 1.82) is 0 Å². The summed E-state index contributed by atoms with van der Waals surface area (Å²) in [5.41, 5.74) is 4.63. The van der Waals surface area contributed by atoms with Crippen molar-refractivity contribution in [2.75, 3.05) is 0 Å². The van der Waals surface area contributed by atoms with Crippen molar-refractivity contribution in [2.24, 2.45) is 0 Å². The molecule has 0 saturated heterocycles. The molecular weight excluding hydrogens is 328 g/mol. The zero-order chi connectivity index (χ0) is 17.9. The number of aromatic nitrogens is 5. The van der Waals surface area contributed by atoms with Crippen LogP contribution in [0.15, 0.2) is 55.1 Å². The molecule has 4 aromatic rings. The number of carbonyl (C=O) groups is 1. The third kappa shape index (κ3) is 3.14. The Balaban J connectivity index is 1.53. The highest BCUT2D eigenvalue weighted by atomic mass is 16.1. The van der Waals surface area contributed by atoms with Crippen LogP contribution in [0.5, 0.6) is 0 Å². The number of benzene rings is 1. The topological polar surface area (TPSA) is 96.5 Å². The summed E-state index contributed by atoms with van der Waals surface area (Å²) in [4.78, 5) is 32.4. The summed E-state index contributed by atoms with van der Waals surface area (Å²) < 4.78 is 0. The maximum atomic E-state index is 12.3. The lowest BCUT2D eigenvalue weighted by molar-refractivity contribution is 0.0949. The third-order valence-corrected chi connectivity index (χ3v) is 4.06. The second-order valence-electron chi connectivity index (χ2n) is 5.86. The number of fused-ring (bicyclic) bond motifs is 1. The number of nitrogens with one attached hydrogen (secondary N) is 2. The first-order valence-electron chi connectivity index (χ1n) is 8.15. The summed E-state index contributed by atoms with van der Waals surface area (Å²) in [6.45, 7) is 2.18. The van der Waals surface area contributed by atoms with E-state index >= 15 is 0 Å². The van der Waals surface area contributed by atoms with E-state index < -0.39 is 0 Å². The first-order chi connectivity index (χ1) is 12.7. The number of nitrogens with zero attached hydrogens (tertiary/aromatic N) is 4. The van der Waals surface area contributed by atoms with E-state index in [-0.39, 0.29) is 5.91 Å². The van der Waals surface area contributed by atoms with E-state index in [1.54, 1.807) is 13.1 Å². The lowest BCUT2D eigenvalue weighted by atomic mass is 10.2. The van der Waals surface area contributed by atoms with Gasteiger partial charge in [-0.1, -0.05) is 12.1 Å². The molecule has 7 nitrogen and oxygen atoms in total. The van der Waals surface area contributed by atoms with Crippen LogP contribution >= 0.6 is 0 Å². The molecule has 0 spiro atoms. The van der Waals surface area contributed by atoms with Gasteiger partial charge in [0.2, 0.25) is 0 Å². The van der Waals surface area contributed by atoms with Crippen LogP contribution in [0, 0.1) is 6.92 Å². The smallest absolute Gasteiger partial charge is 0.254 e. The fourth-order valence-electron chi connectivity index (χ4n) is 2.68. The Hall–Kier alpha value is -3.61. The molecule has 2 N–H and O–H groups in total. The molecule has 3 aromatic heterocycles. The van der Waals surface area contributed by atoms with Gasteiger partial charge in [0.25, 0.3) is 5.91 Å². The largest absolute Gasteiger partial charge is 0.348 e. The maximum Gasteiger partial charge on any atom is 0.254 e. The zero-order valence-corrected chi connectivity index (χ0v) is 14.1. The Bertz CT molecular complexity index is 1070. The second-order valence-corrected chi connectivity index (χ2v) is 5.86. The third-order valence-electron chi connectivity index (χ3n) is 4.06. The molecule has 0 aliphatic rings. The van der Waals surface area contributed by atoms with E-state index in [0.717, 1.165) is 28.1 Å². The highest BCUT2D eigenvalue weighted by molar-refractivity contribution is 5.94. The van der Waals surface area contributed by atoms with E-state index in [4.69, 9.17) is 0 Å². The van der Waals surface area contributed by atoms with Crippen LogP contribution < -0.4 is 5.32 Å². The van der Waals surface area contributed by atoms with E-state index in [9.17, 15) is 4.79 Å². The first kappa shape index (κ1) is 15.9. The van der Waals surface area contributed by atoms with Crippen molar-refractivity contribution >= 4 is 16.9 Å². The number of H-pyrrole nitrogens is 1. The molecule has 4 rings (SSSR count). The van der Waals surface area contributed by atoms with Crippen molar-refractivity contribution in [1.82, 2.24) is 30.2 Å². The molecule has 0 saturated carbocycles. The summed E-state index contributed by atoms with van der Waals surface area (Å²) in [7, 11) is 0. The van der Waals surface area contributed by atoms with Gasteiger partial charge in [0.15, 0.2) is 5.82 Å². The normalized spacial score (nSPS) is 10.8. The van der Waals surface area contributed by atoms with Crippen molar-refractivity contribution in [3.05, 3.63) is 71.9 Å². The lowest BCUT2D eigenvalue weighted by Crippen LogP contribution is -2.24. The molecule has 0 aliphatic carbocycles. The second kappa shape index (κ2) is 6.72. The van der Waals surface area contributed by atoms with Crippen LogP contribution in [0.25, 0.3) is 22.6 Å². The number of hydrogen-bond acceptors (Lipinski definition) is 5. The van der Waals surface area contributed by atoms with Crippen LogP contribution in [-0.4, -0.2) is 30.8 Å². The molecule has 1 amide bonds. The fraction of sp³-hybridized carbons (Fsp3) is 0.105. The van der Waals surface area contributed by atoms with Gasteiger partial charge in [-0.25, -0.2) is 15.0 Å². The van der Waals surface area contributed by atoms with Gasteiger partial charge in [0, 0.05) is 18.9 Å². The number of hydrogen-bond donors (Lipinski definition) is 2. The first-order valence-corrected chi connectivity index (χ1v) is 8.15. The highest BCUT2D eigenvalue weighted by Crippen LogP contribution is 2.19. The van der Waals surface area contributed by atoms with Gasteiger partial charge in [-0.15, -0.1) is 0 Å². The van der Waals surface area contributed by atoms with E-state index in [2.05, 4.69) is 30.2 Å². The van der Waals surface area contributed by atoms with Gasteiger partial charge < -0.3 is 10.3 Å². The van der Waals surface area contributed by atoms with Crippen molar-refractivity contribution in [3.63, 3.8) is 0 Å². The van der Waals surface area contributed by atoms with Gasteiger partial charge in [-0.05, 0) is 36.8 Å². The SMILES string of the molecule is Cc1ncncc1C(=O)NCc1ccc2[nH]c(-c3ccccn3)nc2c1. The molecule has 128 valence electrons. The average Bonchev–Trinajstić information content (AvgIpc) is 3.10. The number of pyridine rings is 1. The molecule has 0 aliphatic heterocycles. The minimum absolute atomic E-state index is 0.195. The van der Waals surface area contributed by atoms with E-state index in [0.29, 0.717) is 17.8 Å². The molecule has 0 radical (unpaired) electrons. The molecule has 7 heteroatoms. The number of aromatic amines is 1.